The zero-order valence-electron chi connectivity index (χ0n) is 14.4. The molecular formula is C16H23N3O5S. The number of carbonyl (C=O) groups excluding carboxylic acids is 2. The number of thiophene rings is 1. The average molecular weight is 369 g/mol. The van der Waals surface area contributed by atoms with Gasteiger partial charge in [0, 0.05) is 18.3 Å². The van der Waals surface area contributed by atoms with Gasteiger partial charge in [-0.15, -0.1) is 11.3 Å². The zero-order valence-corrected chi connectivity index (χ0v) is 15.2. The minimum absolute atomic E-state index is 0.0669. The maximum atomic E-state index is 12.4. The fraction of sp³-hybridized carbons (Fsp3) is 0.562. The van der Waals surface area contributed by atoms with Crippen molar-refractivity contribution in [2.24, 2.45) is 5.92 Å². The molecule has 0 fully saturated rings. The second-order valence-electron chi connectivity index (χ2n) is 6.27. The number of nitrogen functional groups attached to an aromatic ring is 1. The van der Waals surface area contributed by atoms with Gasteiger partial charge in [-0.25, -0.2) is 4.79 Å². The maximum absolute atomic E-state index is 12.4. The summed E-state index contributed by atoms with van der Waals surface area (Å²) < 4.78 is 5.68. The van der Waals surface area contributed by atoms with Crippen LogP contribution in [0.5, 0.6) is 0 Å². The van der Waals surface area contributed by atoms with Crippen LogP contribution in [0, 0.1) is 5.92 Å². The molecule has 138 valence electrons. The molecule has 1 aromatic heterocycles. The number of aromatic carboxylic acids is 1. The van der Waals surface area contributed by atoms with Crippen LogP contribution in [0.15, 0.2) is 0 Å². The molecule has 2 unspecified atom stereocenters. The van der Waals surface area contributed by atoms with Crippen molar-refractivity contribution in [2.75, 3.05) is 18.9 Å². The Hall–Kier alpha value is -2.13. The standard InChI is InChI=1S/C16H23N3O5S/c1-7(2)12(19-8(3)20)15(21)18-6-10-13-9(4-5-24-10)11(16(22)23)14(17)25-13/h7,10,12H,4-6,17H2,1-3H3,(H,18,21)(H,19,20)(H,22,23). The molecule has 8 nitrogen and oxygen atoms in total. The third-order valence-electron chi connectivity index (χ3n) is 4.01. The zero-order chi connectivity index (χ0) is 18.7. The lowest BCUT2D eigenvalue weighted by Gasteiger charge is -2.26. The number of anilines is 1. The molecule has 5 N–H and O–H groups in total. The molecule has 1 aliphatic rings. The Kier molecular flexibility index (Phi) is 6.02. The highest BCUT2D eigenvalue weighted by Gasteiger charge is 2.31. The summed E-state index contributed by atoms with van der Waals surface area (Å²) >= 11 is 1.18. The van der Waals surface area contributed by atoms with Gasteiger partial charge in [0.1, 0.15) is 17.1 Å². The summed E-state index contributed by atoms with van der Waals surface area (Å²) in [4.78, 5) is 35.7. The van der Waals surface area contributed by atoms with Gasteiger partial charge in [0.05, 0.1) is 12.2 Å². The van der Waals surface area contributed by atoms with E-state index in [0.717, 1.165) is 4.88 Å². The number of nitrogens with two attached hydrogens (primary N) is 1. The van der Waals surface area contributed by atoms with Crippen LogP contribution in [0.25, 0.3) is 0 Å². The summed E-state index contributed by atoms with van der Waals surface area (Å²) in [6, 6.07) is -0.636. The van der Waals surface area contributed by atoms with E-state index in [-0.39, 0.29) is 34.8 Å². The Morgan fingerprint density at radius 2 is 2.08 bits per heavy atom. The molecule has 9 heteroatoms. The number of nitrogens with one attached hydrogen (secondary N) is 2. The number of fused-ring (bicyclic) bond motifs is 1. The molecule has 0 aliphatic carbocycles. The average Bonchev–Trinajstić information content (AvgIpc) is 2.86. The van der Waals surface area contributed by atoms with Crippen LogP contribution in [-0.2, 0) is 20.7 Å². The van der Waals surface area contributed by atoms with Crippen molar-refractivity contribution < 1.29 is 24.2 Å². The van der Waals surface area contributed by atoms with Gasteiger partial charge in [-0.05, 0) is 17.9 Å². The van der Waals surface area contributed by atoms with Gasteiger partial charge in [-0.3, -0.25) is 9.59 Å². The highest BCUT2D eigenvalue weighted by Crippen LogP contribution is 2.39. The summed E-state index contributed by atoms with van der Waals surface area (Å²) in [6.45, 7) is 5.60. The minimum Gasteiger partial charge on any atom is -0.478 e. The molecule has 0 saturated carbocycles. The molecule has 1 aromatic rings. The fourth-order valence-corrected chi connectivity index (χ4v) is 3.99. The lowest BCUT2D eigenvalue weighted by atomic mass is 10.0. The molecule has 2 amide bonds. The van der Waals surface area contributed by atoms with Crippen LogP contribution >= 0.6 is 11.3 Å². The van der Waals surface area contributed by atoms with Crippen LogP contribution in [0.3, 0.4) is 0 Å². The topological polar surface area (TPSA) is 131 Å². The van der Waals surface area contributed by atoms with E-state index in [2.05, 4.69) is 10.6 Å². The number of amides is 2. The molecule has 0 aromatic carbocycles. The van der Waals surface area contributed by atoms with Crippen molar-refractivity contribution in [3.63, 3.8) is 0 Å². The van der Waals surface area contributed by atoms with E-state index in [1.54, 1.807) is 0 Å². The van der Waals surface area contributed by atoms with E-state index < -0.39 is 18.1 Å². The number of rotatable bonds is 6. The highest BCUT2D eigenvalue weighted by atomic mass is 32.1. The van der Waals surface area contributed by atoms with Crippen molar-refractivity contribution >= 4 is 34.1 Å². The highest BCUT2D eigenvalue weighted by molar-refractivity contribution is 7.16. The minimum atomic E-state index is -1.05. The number of carbonyl (C=O) groups is 3. The number of carboxylic acids is 1. The number of carboxylic acid groups (broad SMARTS) is 1. The van der Waals surface area contributed by atoms with Gasteiger partial charge in [0.2, 0.25) is 11.8 Å². The van der Waals surface area contributed by atoms with Crippen LogP contribution < -0.4 is 16.4 Å². The van der Waals surface area contributed by atoms with Crippen molar-refractivity contribution in [3.8, 4) is 0 Å². The van der Waals surface area contributed by atoms with Crippen LogP contribution in [0.1, 0.15) is 47.7 Å². The molecule has 2 rings (SSSR count). The lowest BCUT2D eigenvalue weighted by Crippen LogP contribution is -2.50. The largest absolute Gasteiger partial charge is 0.478 e. The maximum Gasteiger partial charge on any atom is 0.338 e. The van der Waals surface area contributed by atoms with Gasteiger partial charge < -0.3 is 26.2 Å². The predicted octanol–water partition coefficient (Wildman–Crippen LogP) is 0.919. The van der Waals surface area contributed by atoms with Crippen molar-refractivity contribution in [1.29, 1.82) is 0 Å². The van der Waals surface area contributed by atoms with Crippen molar-refractivity contribution in [1.82, 2.24) is 10.6 Å². The fourth-order valence-electron chi connectivity index (χ4n) is 2.83. The van der Waals surface area contributed by atoms with Crippen molar-refractivity contribution in [2.45, 2.75) is 39.3 Å². The Labute approximate surface area is 149 Å². The second-order valence-corrected chi connectivity index (χ2v) is 7.35. The molecule has 0 radical (unpaired) electrons. The van der Waals surface area contributed by atoms with Crippen molar-refractivity contribution in [3.05, 3.63) is 16.0 Å². The van der Waals surface area contributed by atoms with Gasteiger partial charge in [-0.1, -0.05) is 13.8 Å². The first-order valence-corrected chi connectivity index (χ1v) is 8.84. The van der Waals surface area contributed by atoms with E-state index >= 15 is 0 Å². The SMILES string of the molecule is CC(=O)NC(C(=O)NCC1OCCc2c1sc(N)c2C(=O)O)C(C)C. The van der Waals surface area contributed by atoms with E-state index in [4.69, 9.17) is 10.5 Å². The molecule has 25 heavy (non-hydrogen) atoms. The molecule has 0 bridgehead atoms. The molecule has 2 heterocycles. The molecule has 0 saturated heterocycles. The first kappa shape index (κ1) is 19.2. The summed E-state index contributed by atoms with van der Waals surface area (Å²) in [7, 11) is 0. The Balaban J connectivity index is 2.10. The normalized spacial score (nSPS) is 17.7. The molecule has 1 aliphatic heterocycles. The van der Waals surface area contributed by atoms with Gasteiger partial charge in [-0.2, -0.15) is 0 Å². The third kappa shape index (κ3) is 4.29. The molecular weight excluding hydrogens is 346 g/mol. The smallest absolute Gasteiger partial charge is 0.338 e. The van der Waals surface area contributed by atoms with E-state index in [9.17, 15) is 19.5 Å². The van der Waals surface area contributed by atoms with Crippen LogP contribution in [0.2, 0.25) is 0 Å². The van der Waals surface area contributed by atoms with E-state index in [1.807, 2.05) is 13.8 Å². The summed E-state index contributed by atoms with van der Waals surface area (Å²) in [5.41, 5.74) is 6.65. The summed E-state index contributed by atoms with van der Waals surface area (Å²) in [5, 5.41) is 15.0. The van der Waals surface area contributed by atoms with E-state index in [1.165, 1.54) is 18.3 Å². The first-order valence-electron chi connectivity index (χ1n) is 8.03. The third-order valence-corrected chi connectivity index (χ3v) is 5.17. The van der Waals surface area contributed by atoms with Crippen LogP contribution in [0.4, 0.5) is 5.00 Å². The quantitative estimate of drug-likeness (QED) is 0.590. The monoisotopic (exact) mass is 369 g/mol. The summed E-state index contributed by atoms with van der Waals surface area (Å²) in [6.07, 6.45) is 0.0357. The van der Waals surface area contributed by atoms with E-state index in [0.29, 0.717) is 18.6 Å². The summed E-state index contributed by atoms with van der Waals surface area (Å²) in [5.74, 6) is -1.70. The van der Waals surface area contributed by atoms with Gasteiger partial charge >= 0.3 is 5.97 Å². The number of hydrogen-bond donors (Lipinski definition) is 4. The van der Waals surface area contributed by atoms with Crippen LogP contribution in [-0.4, -0.2) is 42.1 Å². The predicted molar refractivity (Wildman–Crippen MR) is 93.5 cm³/mol. The second kappa shape index (κ2) is 7.83. The Morgan fingerprint density at radius 1 is 1.40 bits per heavy atom. The van der Waals surface area contributed by atoms with Gasteiger partial charge in [0.15, 0.2) is 0 Å². The molecule has 2 atom stereocenters. The Bertz CT molecular complexity index is 686. The molecule has 0 spiro atoms. The Morgan fingerprint density at radius 3 is 2.64 bits per heavy atom. The first-order chi connectivity index (χ1) is 11.7. The van der Waals surface area contributed by atoms with Gasteiger partial charge in [0.25, 0.3) is 0 Å². The lowest BCUT2D eigenvalue weighted by molar-refractivity contribution is -0.129. The number of hydrogen-bond acceptors (Lipinski definition) is 6. The number of ether oxygens (including phenoxy) is 1.